The Hall–Kier alpha value is -2.00. The topological polar surface area (TPSA) is 25.8 Å². The van der Waals surface area contributed by atoms with Gasteiger partial charge in [-0.15, -0.1) is 0 Å². The molecule has 0 aliphatic rings. The molecule has 23 heavy (non-hydrogen) atoms. The third-order valence-corrected chi connectivity index (χ3v) is 4.23. The van der Waals surface area contributed by atoms with E-state index >= 15 is 0 Å². The number of rotatable bonds is 0. The quantitative estimate of drug-likeness (QED) is 0.240. The predicted molar refractivity (Wildman–Crippen MR) is 99.2 cm³/mol. The SMILES string of the molecule is [NaH].c1ccc2nc3c4ccccc4c4ccccc4c3nc2c1. The van der Waals surface area contributed by atoms with Gasteiger partial charge in [0.2, 0.25) is 0 Å². The van der Waals surface area contributed by atoms with Gasteiger partial charge in [-0.3, -0.25) is 0 Å². The fourth-order valence-corrected chi connectivity index (χ4v) is 3.22. The Morgan fingerprint density at radius 3 is 1.22 bits per heavy atom. The van der Waals surface area contributed by atoms with Crippen molar-refractivity contribution in [3.8, 4) is 0 Å². The minimum absolute atomic E-state index is 0. The summed E-state index contributed by atoms with van der Waals surface area (Å²) in [6.07, 6.45) is 0. The number of para-hydroxylation sites is 2. The second-order valence-corrected chi connectivity index (χ2v) is 5.50. The number of hydrogen-bond donors (Lipinski definition) is 0. The molecular weight excluding hydrogens is 291 g/mol. The van der Waals surface area contributed by atoms with E-state index in [1.165, 1.54) is 10.8 Å². The number of hydrogen-bond acceptors (Lipinski definition) is 2. The van der Waals surface area contributed by atoms with Crippen LogP contribution in [0.5, 0.6) is 0 Å². The van der Waals surface area contributed by atoms with Crippen molar-refractivity contribution in [2.45, 2.75) is 0 Å². The Morgan fingerprint density at radius 2 is 0.783 bits per heavy atom. The zero-order valence-electron chi connectivity index (χ0n) is 11.8. The van der Waals surface area contributed by atoms with Crippen molar-refractivity contribution in [3.05, 3.63) is 72.8 Å². The second-order valence-electron chi connectivity index (χ2n) is 5.50. The van der Waals surface area contributed by atoms with E-state index in [1.54, 1.807) is 0 Å². The van der Waals surface area contributed by atoms with Crippen LogP contribution in [0.2, 0.25) is 0 Å². The third-order valence-electron chi connectivity index (χ3n) is 4.23. The minimum atomic E-state index is 0. The van der Waals surface area contributed by atoms with Gasteiger partial charge in [-0.25, -0.2) is 9.97 Å². The molecule has 0 bridgehead atoms. The average Bonchev–Trinajstić information content (AvgIpc) is 2.61. The van der Waals surface area contributed by atoms with Crippen LogP contribution in [0.4, 0.5) is 0 Å². The van der Waals surface area contributed by atoms with E-state index in [4.69, 9.17) is 9.97 Å². The summed E-state index contributed by atoms with van der Waals surface area (Å²) < 4.78 is 0. The van der Waals surface area contributed by atoms with E-state index in [-0.39, 0.29) is 29.6 Å². The summed E-state index contributed by atoms with van der Waals surface area (Å²) in [4.78, 5) is 9.79. The maximum atomic E-state index is 4.89. The number of benzene rings is 4. The largest absolute Gasteiger partial charge is 0.244 e. The van der Waals surface area contributed by atoms with Crippen molar-refractivity contribution in [1.29, 1.82) is 0 Å². The molecule has 0 N–H and O–H groups in total. The van der Waals surface area contributed by atoms with E-state index < -0.39 is 0 Å². The molecule has 0 saturated heterocycles. The Balaban J connectivity index is 0.00000135. The summed E-state index contributed by atoms with van der Waals surface area (Å²) in [5.41, 5.74) is 3.84. The van der Waals surface area contributed by atoms with E-state index in [1.807, 2.05) is 24.3 Å². The molecule has 0 aliphatic heterocycles. The van der Waals surface area contributed by atoms with Gasteiger partial charge in [0, 0.05) is 10.8 Å². The van der Waals surface area contributed by atoms with Crippen LogP contribution in [-0.4, -0.2) is 39.5 Å². The number of fused-ring (bicyclic) bond motifs is 7. The maximum absolute atomic E-state index is 4.89. The first-order valence-corrected chi connectivity index (χ1v) is 7.38. The van der Waals surface area contributed by atoms with Crippen molar-refractivity contribution in [1.82, 2.24) is 9.97 Å². The molecule has 0 unspecified atom stereocenters. The molecule has 104 valence electrons. The first kappa shape index (κ1) is 14.6. The van der Waals surface area contributed by atoms with Crippen LogP contribution in [0.3, 0.4) is 0 Å². The molecule has 5 rings (SSSR count). The molecule has 3 heteroatoms. The number of nitrogens with zero attached hydrogens (tertiary/aromatic N) is 2. The summed E-state index contributed by atoms with van der Waals surface area (Å²) in [6, 6.07) is 24.9. The molecule has 4 aromatic carbocycles. The predicted octanol–water partition coefficient (Wildman–Crippen LogP) is 4.44. The van der Waals surface area contributed by atoms with Gasteiger partial charge >= 0.3 is 29.6 Å². The number of aromatic nitrogens is 2. The fraction of sp³-hybridized carbons (Fsp3) is 0. The second kappa shape index (κ2) is 5.57. The molecule has 1 aromatic heterocycles. The zero-order valence-corrected chi connectivity index (χ0v) is 11.8. The van der Waals surface area contributed by atoms with Crippen molar-refractivity contribution in [2.24, 2.45) is 0 Å². The third kappa shape index (κ3) is 2.14. The first-order chi connectivity index (χ1) is 10.9. The van der Waals surface area contributed by atoms with Crippen molar-refractivity contribution in [2.75, 3.05) is 0 Å². The van der Waals surface area contributed by atoms with Gasteiger partial charge in [0.05, 0.1) is 22.1 Å². The molecule has 0 amide bonds. The molecule has 5 aromatic rings. The summed E-state index contributed by atoms with van der Waals surface area (Å²) in [5.74, 6) is 0. The van der Waals surface area contributed by atoms with Gasteiger partial charge in [-0.1, -0.05) is 60.7 Å². The fourth-order valence-electron chi connectivity index (χ4n) is 3.22. The van der Waals surface area contributed by atoms with Crippen LogP contribution < -0.4 is 0 Å². The van der Waals surface area contributed by atoms with Crippen LogP contribution in [-0.2, 0) is 0 Å². The first-order valence-electron chi connectivity index (χ1n) is 7.38. The van der Waals surface area contributed by atoms with Gasteiger partial charge in [-0.2, -0.15) is 0 Å². The van der Waals surface area contributed by atoms with Crippen LogP contribution >= 0.6 is 0 Å². The molecule has 0 radical (unpaired) electrons. The Labute approximate surface area is 155 Å². The summed E-state index contributed by atoms with van der Waals surface area (Å²) in [7, 11) is 0. The van der Waals surface area contributed by atoms with Gasteiger partial charge in [-0.05, 0) is 22.9 Å². The van der Waals surface area contributed by atoms with E-state index in [0.717, 1.165) is 32.8 Å². The van der Waals surface area contributed by atoms with Crippen molar-refractivity contribution in [3.63, 3.8) is 0 Å². The Kier molecular flexibility index (Phi) is 3.53. The van der Waals surface area contributed by atoms with Crippen molar-refractivity contribution < 1.29 is 0 Å². The standard InChI is InChI=1S/C20H12N2.Na.H/c1-3-9-15-13(7-1)14-8-2-4-10-16(14)20-19(15)21-17-11-5-6-12-18(17)22-20;;/h1-12H;;. The monoisotopic (exact) mass is 304 g/mol. The minimum Gasteiger partial charge on any atom is -0.244 e. The van der Waals surface area contributed by atoms with Gasteiger partial charge < -0.3 is 0 Å². The van der Waals surface area contributed by atoms with E-state index in [9.17, 15) is 0 Å². The summed E-state index contributed by atoms with van der Waals surface area (Å²) in [5, 5.41) is 4.79. The van der Waals surface area contributed by atoms with Crippen LogP contribution in [0.15, 0.2) is 72.8 Å². The van der Waals surface area contributed by atoms with Gasteiger partial charge in [0.25, 0.3) is 0 Å². The zero-order chi connectivity index (χ0) is 14.5. The molecule has 2 nitrogen and oxygen atoms in total. The molecule has 0 spiro atoms. The van der Waals surface area contributed by atoms with Crippen LogP contribution in [0, 0.1) is 0 Å². The molecule has 1 heterocycles. The van der Waals surface area contributed by atoms with Crippen LogP contribution in [0.25, 0.3) is 43.6 Å². The normalized spacial score (nSPS) is 11.1. The average molecular weight is 304 g/mol. The van der Waals surface area contributed by atoms with Gasteiger partial charge in [0.1, 0.15) is 0 Å². The maximum Gasteiger partial charge on any atom is 0.0979 e. The molecule has 0 aliphatic carbocycles. The van der Waals surface area contributed by atoms with E-state index in [2.05, 4.69) is 48.5 Å². The Bertz CT molecular complexity index is 1090. The smallest absolute Gasteiger partial charge is 0.0979 e. The van der Waals surface area contributed by atoms with Gasteiger partial charge in [0.15, 0.2) is 0 Å². The van der Waals surface area contributed by atoms with Crippen LogP contribution in [0.1, 0.15) is 0 Å². The molecule has 0 saturated carbocycles. The molecule has 0 fully saturated rings. The molecule has 0 atom stereocenters. The molecular formula is C20H13N2Na. The van der Waals surface area contributed by atoms with E-state index in [0.29, 0.717) is 0 Å². The van der Waals surface area contributed by atoms with Crippen molar-refractivity contribution >= 4 is 73.2 Å². The summed E-state index contributed by atoms with van der Waals surface area (Å²) in [6.45, 7) is 0. The Morgan fingerprint density at radius 1 is 0.435 bits per heavy atom. The summed E-state index contributed by atoms with van der Waals surface area (Å²) >= 11 is 0.